The molecule has 0 aliphatic rings. The Morgan fingerprint density at radius 2 is 1.05 bits per heavy atom. The summed E-state index contributed by atoms with van der Waals surface area (Å²) in [5.41, 5.74) is 0. The maximum Gasteiger partial charge on any atom is 0.329 e. The second kappa shape index (κ2) is 29.7. The van der Waals surface area contributed by atoms with Crippen LogP contribution in [0.5, 0.6) is 0 Å². The fourth-order valence-electron chi connectivity index (χ4n) is 3.04. The van der Waals surface area contributed by atoms with E-state index in [1.54, 1.807) is 0 Å². The van der Waals surface area contributed by atoms with Gasteiger partial charge >= 0.3 is 11.9 Å². The van der Waals surface area contributed by atoms with E-state index in [0.717, 1.165) is 12.8 Å². The van der Waals surface area contributed by atoms with Gasteiger partial charge in [-0.15, -0.1) is 0 Å². The van der Waals surface area contributed by atoms with E-state index in [4.69, 9.17) is 33.5 Å². The molecule has 0 atom stereocenters. The van der Waals surface area contributed by atoms with E-state index >= 15 is 0 Å². The highest BCUT2D eigenvalue weighted by atomic mass is 16.6. The van der Waals surface area contributed by atoms with Crippen molar-refractivity contribution in [3.63, 3.8) is 0 Å². The molecule has 224 valence electrons. The smallest absolute Gasteiger partial charge is 0.329 e. The summed E-state index contributed by atoms with van der Waals surface area (Å²) < 4.78 is 36.7. The largest absolute Gasteiger partial charge is 0.480 e. The standard InChI is InChI=1S/C26H49NO11/c1-2-3-4-5-6-7-8-9-26(31)38-21-20-36-19-18-35-17-16-34-15-14-33-13-12-32-11-10-27-24(28)22-37-23-25(29)30/h2-23H2,1H3,(H,27,28)(H,29,30). The van der Waals surface area contributed by atoms with E-state index in [-0.39, 0.29) is 19.2 Å². The summed E-state index contributed by atoms with van der Waals surface area (Å²) in [6.45, 7) is 6.08. The molecule has 0 unspecified atom stereocenters. The van der Waals surface area contributed by atoms with Crippen LogP contribution in [0.2, 0.25) is 0 Å². The first-order valence-corrected chi connectivity index (χ1v) is 13.7. The van der Waals surface area contributed by atoms with Gasteiger partial charge in [0.1, 0.15) is 19.8 Å². The average molecular weight is 552 g/mol. The number of amides is 1. The predicted molar refractivity (Wildman–Crippen MR) is 139 cm³/mol. The summed E-state index contributed by atoms with van der Waals surface area (Å²) in [6, 6.07) is 0. The third-order valence-electron chi connectivity index (χ3n) is 4.99. The lowest BCUT2D eigenvalue weighted by Crippen LogP contribution is -2.31. The molecular formula is C26H49NO11. The highest BCUT2D eigenvalue weighted by molar-refractivity contribution is 5.77. The Bertz CT molecular complexity index is 563. The number of aliphatic carboxylic acids is 1. The Balaban J connectivity index is 3.18. The highest BCUT2D eigenvalue weighted by Crippen LogP contribution is 2.08. The minimum Gasteiger partial charge on any atom is -0.480 e. The zero-order chi connectivity index (χ0) is 27.9. The molecule has 0 saturated carbocycles. The second-order valence-electron chi connectivity index (χ2n) is 8.39. The van der Waals surface area contributed by atoms with Crippen molar-refractivity contribution < 1.29 is 52.6 Å². The van der Waals surface area contributed by atoms with Crippen molar-refractivity contribution >= 4 is 17.8 Å². The Labute approximate surface area is 226 Å². The van der Waals surface area contributed by atoms with Crippen molar-refractivity contribution in [2.75, 3.05) is 92.4 Å². The van der Waals surface area contributed by atoms with Crippen LogP contribution >= 0.6 is 0 Å². The van der Waals surface area contributed by atoms with Crippen LogP contribution < -0.4 is 5.32 Å². The summed E-state index contributed by atoms with van der Waals surface area (Å²) in [5, 5.41) is 10.9. The van der Waals surface area contributed by atoms with Crippen molar-refractivity contribution in [1.29, 1.82) is 0 Å². The lowest BCUT2D eigenvalue weighted by atomic mass is 10.1. The average Bonchev–Trinajstić information content (AvgIpc) is 2.89. The number of carboxylic acid groups (broad SMARTS) is 1. The van der Waals surface area contributed by atoms with E-state index in [1.807, 2.05) is 0 Å². The monoisotopic (exact) mass is 551 g/mol. The summed E-state index contributed by atoms with van der Waals surface area (Å²) in [4.78, 5) is 33.2. The fraction of sp³-hybridized carbons (Fsp3) is 0.885. The SMILES string of the molecule is CCCCCCCCCC(=O)OCCOCCOCCOCCOCCOCCNC(=O)COCC(=O)O. The third kappa shape index (κ3) is 30.4. The Hall–Kier alpha value is -1.83. The molecule has 0 aliphatic heterocycles. The van der Waals surface area contributed by atoms with E-state index in [1.165, 1.54) is 32.1 Å². The van der Waals surface area contributed by atoms with Crippen molar-refractivity contribution in [2.24, 2.45) is 0 Å². The normalized spacial score (nSPS) is 11.0. The summed E-state index contributed by atoms with van der Waals surface area (Å²) in [7, 11) is 0. The topological polar surface area (TPSA) is 148 Å². The number of carbonyl (C=O) groups is 3. The molecule has 0 aromatic heterocycles. The van der Waals surface area contributed by atoms with Crippen LogP contribution in [0.4, 0.5) is 0 Å². The van der Waals surface area contributed by atoms with Crippen molar-refractivity contribution in [3.8, 4) is 0 Å². The van der Waals surface area contributed by atoms with Gasteiger partial charge in [0.05, 0.1) is 66.1 Å². The Kier molecular flexibility index (Phi) is 28.3. The van der Waals surface area contributed by atoms with Gasteiger partial charge in [0.25, 0.3) is 0 Å². The van der Waals surface area contributed by atoms with Gasteiger partial charge in [-0.1, -0.05) is 45.4 Å². The van der Waals surface area contributed by atoms with Gasteiger partial charge in [-0.3, -0.25) is 9.59 Å². The molecular weight excluding hydrogens is 502 g/mol. The number of hydrogen-bond acceptors (Lipinski definition) is 10. The van der Waals surface area contributed by atoms with E-state index in [0.29, 0.717) is 79.0 Å². The molecule has 0 aliphatic carbocycles. The number of ether oxygens (including phenoxy) is 7. The molecule has 12 heteroatoms. The van der Waals surface area contributed by atoms with Crippen LogP contribution in [-0.2, 0) is 47.5 Å². The maximum absolute atomic E-state index is 11.7. The third-order valence-corrected chi connectivity index (χ3v) is 4.99. The quantitative estimate of drug-likeness (QED) is 0.0997. The molecule has 0 radical (unpaired) electrons. The second-order valence-corrected chi connectivity index (χ2v) is 8.39. The number of unbranched alkanes of at least 4 members (excludes halogenated alkanes) is 6. The van der Waals surface area contributed by atoms with E-state index in [9.17, 15) is 14.4 Å². The van der Waals surface area contributed by atoms with Gasteiger partial charge in [-0.05, 0) is 6.42 Å². The Morgan fingerprint density at radius 3 is 1.58 bits per heavy atom. The van der Waals surface area contributed by atoms with Crippen molar-refractivity contribution in [2.45, 2.75) is 58.3 Å². The minimum absolute atomic E-state index is 0.156. The van der Waals surface area contributed by atoms with Gasteiger partial charge in [0.15, 0.2) is 0 Å². The highest BCUT2D eigenvalue weighted by Gasteiger charge is 2.04. The van der Waals surface area contributed by atoms with Crippen molar-refractivity contribution in [3.05, 3.63) is 0 Å². The predicted octanol–water partition coefficient (Wildman–Crippen LogP) is 1.97. The van der Waals surface area contributed by atoms with Crippen LogP contribution in [0.3, 0.4) is 0 Å². The zero-order valence-electron chi connectivity index (χ0n) is 23.1. The lowest BCUT2D eigenvalue weighted by Gasteiger charge is -2.09. The van der Waals surface area contributed by atoms with Gasteiger partial charge in [-0.25, -0.2) is 4.79 Å². The summed E-state index contributed by atoms with van der Waals surface area (Å²) in [6.07, 6.45) is 8.72. The van der Waals surface area contributed by atoms with E-state index in [2.05, 4.69) is 17.0 Å². The number of esters is 1. The lowest BCUT2D eigenvalue weighted by molar-refractivity contribution is -0.146. The van der Waals surface area contributed by atoms with Crippen LogP contribution in [-0.4, -0.2) is 115 Å². The van der Waals surface area contributed by atoms with Gasteiger partial charge < -0.3 is 43.6 Å². The molecule has 0 bridgehead atoms. The number of hydrogen-bond donors (Lipinski definition) is 2. The number of rotatable bonds is 30. The minimum atomic E-state index is -1.12. The Morgan fingerprint density at radius 1 is 0.579 bits per heavy atom. The molecule has 0 saturated heterocycles. The molecule has 0 spiro atoms. The van der Waals surface area contributed by atoms with Crippen LogP contribution in [0.1, 0.15) is 58.3 Å². The van der Waals surface area contributed by atoms with Gasteiger partial charge in [-0.2, -0.15) is 0 Å². The van der Waals surface area contributed by atoms with E-state index < -0.39 is 18.5 Å². The number of carboxylic acids is 1. The molecule has 1 amide bonds. The van der Waals surface area contributed by atoms with Crippen LogP contribution in [0, 0.1) is 0 Å². The number of nitrogens with one attached hydrogen (secondary N) is 1. The summed E-state index contributed by atoms with van der Waals surface area (Å²) in [5.74, 6) is -1.68. The zero-order valence-corrected chi connectivity index (χ0v) is 23.1. The molecule has 38 heavy (non-hydrogen) atoms. The molecule has 2 N–H and O–H groups in total. The van der Waals surface area contributed by atoms with Crippen molar-refractivity contribution in [1.82, 2.24) is 5.32 Å². The summed E-state index contributed by atoms with van der Waals surface area (Å²) >= 11 is 0. The van der Waals surface area contributed by atoms with Gasteiger partial charge in [0.2, 0.25) is 5.91 Å². The van der Waals surface area contributed by atoms with Gasteiger partial charge in [0, 0.05) is 13.0 Å². The van der Waals surface area contributed by atoms with Crippen LogP contribution in [0.25, 0.3) is 0 Å². The molecule has 0 aromatic carbocycles. The van der Waals surface area contributed by atoms with Crippen LogP contribution in [0.15, 0.2) is 0 Å². The maximum atomic E-state index is 11.7. The molecule has 0 fully saturated rings. The molecule has 12 nitrogen and oxygen atoms in total. The first-order chi connectivity index (χ1) is 18.6. The molecule has 0 aromatic rings. The first-order valence-electron chi connectivity index (χ1n) is 13.7. The number of carbonyl (C=O) groups excluding carboxylic acids is 2. The molecule has 0 heterocycles. The molecule has 0 rings (SSSR count). The first kappa shape index (κ1) is 36.2. The fourth-order valence-corrected chi connectivity index (χ4v) is 3.04.